The number of ether oxygens (including phenoxy) is 1. The van der Waals surface area contributed by atoms with Gasteiger partial charge in [-0.2, -0.15) is 0 Å². The molecule has 0 aliphatic carbocycles. The molecule has 130 valence electrons. The third kappa shape index (κ3) is 4.02. The van der Waals surface area contributed by atoms with E-state index in [0.717, 1.165) is 23.3 Å². The van der Waals surface area contributed by atoms with Crippen molar-refractivity contribution in [3.63, 3.8) is 0 Å². The zero-order valence-electron chi connectivity index (χ0n) is 15.6. The highest BCUT2D eigenvalue weighted by molar-refractivity contribution is 5.95. The van der Waals surface area contributed by atoms with Crippen LogP contribution >= 0.6 is 0 Å². The van der Waals surface area contributed by atoms with Crippen LogP contribution in [0.2, 0.25) is 0 Å². The van der Waals surface area contributed by atoms with Crippen LogP contribution in [0.5, 0.6) is 0 Å². The first kappa shape index (κ1) is 18.6. The third-order valence-electron chi connectivity index (χ3n) is 4.44. The normalized spacial score (nSPS) is 16.1. The van der Waals surface area contributed by atoms with E-state index in [-0.39, 0.29) is 5.82 Å². The summed E-state index contributed by atoms with van der Waals surface area (Å²) in [5.41, 5.74) is 6.86. The molecule has 0 N–H and O–H groups in total. The maximum atomic E-state index is 13.4. The summed E-state index contributed by atoms with van der Waals surface area (Å²) in [5.74, 6) is 0.494. The molecule has 0 aromatic heterocycles. The zero-order chi connectivity index (χ0) is 17.9. The first-order valence-electron chi connectivity index (χ1n) is 8.60. The standard InChI is InChI=1S/C21H28FNO/c1-13(2)19-11-17(12-24-6)20(15(5)21(23-19)14(3)4)16-7-9-18(22)10-8-16/h7-10,13-14H,11-12H2,1-6H3. The molecule has 1 aliphatic heterocycles. The lowest BCUT2D eigenvalue weighted by atomic mass is 9.89. The Balaban J connectivity index is 2.70. The second-order valence-corrected chi connectivity index (χ2v) is 7.02. The van der Waals surface area contributed by atoms with Crippen molar-refractivity contribution in [1.29, 1.82) is 0 Å². The van der Waals surface area contributed by atoms with Crippen molar-refractivity contribution in [2.75, 3.05) is 13.7 Å². The highest BCUT2D eigenvalue weighted by atomic mass is 19.1. The maximum absolute atomic E-state index is 13.4. The fourth-order valence-electron chi connectivity index (χ4n) is 3.21. The van der Waals surface area contributed by atoms with Gasteiger partial charge in [0.15, 0.2) is 0 Å². The lowest BCUT2D eigenvalue weighted by Gasteiger charge is -2.17. The van der Waals surface area contributed by atoms with E-state index in [2.05, 4.69) is 34.6 Å². The molecule has 3 heteroatoms. The van der Waals surface area contributed by atoms with Gasteiger partial charge in [0.05, 0.1) is 6.61 Å². The summed E-state index contributed by atoms with van der Waals surface area (Å²) in [5, 5.41) is 0. The SMILES string of the molecule is COCC1=C(c2ccc(F)cc2)C(C)=C(C(C)C)N=C(C(C)C)C1. The lowest BCUT2D eigenvalue weighted by Crippen LogP contribution is -2.11. The molecular weight excluding hydrogens is 301 g/mol. The average molecular weight is 329 g/mol. The van der Waals surface area contributed by atoms with Crippen LogP contribution in [0.3, 0.4) is 0 Å². The minimum Gasteiger partial charge on any atom is -0.380 e. The number of methoxy groups -OCH3 is 1. The van der Waals surface area contributed by atoms with Gasteiger partial charge in [0.25, 0.3) is 0 Å². The monoisotopic (exact) mass is 329 g/mol. The van der Waals surface area contributed by atoms with Crippen molar-refractivity contribution in [2.45, 2.75) is 41.0 Å². The molecule has 24 heavy (non-hydrogen) atoms. The van der Waals surface area contributed by atoms with Gasteiger partial charge in [-0.15, -0.1) is 0 Å². The predicted molar refractivity (Wildman–Crippen MR) is 99.6 cm³/mol. The Morgan fingerprint density at radius 1 is 1.08 bits per heavy atom. The van der Waals surface area contributed by atoms with Gasteiger partial charge in [-0.3, -0.25) is 4.99 Å². The summed E-state index contributed by atoms with van der Waals surface area (Å²) in [4.78, 5) is 5.01. The van der Waals surface area contributed by atoms with Crippen LogP contribution in [-0.4, -0.2) is 19.4 Å². The number of aliphatic imine (C=N–C) groups is 1. The Morgan fingerprint density at radius 2 is 1.71 bits per heavy atom. The van der Waals surface area contributed by atoms with E-state index in [1.807, 2.05) is 12.1 Å². The van der Waals surface area contributed by atoms with E-state index in [9.17, 15) is 4.39 Å². The minimum absolute atomic E-state index is 0.217. The molecule has 2 nitrogen and oxygen atoms in total. The third-order valence-corrected chi connectivity index (χ3v) is 4.44. The molecule has 0 bridgehead atoms. The quantitative estimate of drug-likeness (QED) is 0.683. The molecule has 0 amide bonds. The Labute approximate surface area is 145 Å². The number of hydrogen-bond donors (Lipinski definition) is 0. The van der Waals surface area contributed by atoms with Gasteiger partial charge in [0.2, 0.25) is 0 Å². The van der Waals surface area contributed by atoms with Gasteiger partial charge in [-0.1, -0.05) is 39.8 Å². The molecule has 0 saturated carbocycles. The number of hydrogen-bond acceptors (Lipinski definition) is 2. The molecule has 1 aromatic rings. The molecule has 1 aromatic carbocycles. The molecule has 1 heterocycles. The van der Waals surface area contributed by atoms with Crippen LogP contribution in [0.25, 0.3) is 5.57 Å². The van der Waals surface area contributed by atoms with Crippen LogP contribution in [-0.2, 0) is 4.74 Å². The molecule has 0 radical (unpaired) electrons. The van der Waals surface area contributed by atoms with Crippen molar-refractivity contribution < 1.29 is 9.13 Å². The molecule has 0 saturated heterocycles. The van der Waals surface area contributed by atoms with E-state index < -0.39 is 0 Å². The van der Waals surface area contributed by atoms with Crippen LogP contribution in [0, 0.1) is 17.7 Å². The van der Waals surface area contributed by atoms with Gasteiger partial charge in [0, 0.05) is 24.9 Å². The van der Waals surface area contributed by atoms with E-state index in [1.165, 1.54) is 29.0 Å². The van der Waals surface area contributed by atoms with Crippen molar-refractivity contribution in [3.8, 4) is 0 Å². The molecular formula is C21H28FNO. The summed E-state index contributed by atoms with van der Waals surface area (Å²) in [6, 6.07) is 6.73. The molecule has 0 spiro atoms. The van der Waals surface area contributed by atoms with Gasteiger partial charge in [-0.25, -0.2) is 4.39 Å². The topological polar surface area (TPSA) is 21.6 Å². The number of benzene rings is 1. The maximum Gasteiger partial charge on any atom is 0.123 e. The van der Waals surface area contributed by atoms with E-state index in [0.29, 0.717) is 18.4 Å². The highest BCUT2D eigenvalue weighted by Gasteiger charge is 2.23. The Morgan fingerprint density at radius 3 is 2.21 bits per heavy atom. The fraction of sp³-hybridized carbons (Fsp3) is 0.476. The van der Waals surface area contributed by atoms with Crippen molar-refractivity contribution in [2.24, 2.45) is 16.8 Å². The van der Waals surface area contributed by atoms with Crippen LogP contribution in [0.4, 0.5) is 4.39 Å². The molecule has 0 unspecified atom stereocenters. The summed E-state index contributed by atoms with van der Waals surface area (Å²) in [6.07, 6.45) is 0.797. The first-order valence-corrected chi connectivity index (χ1v) is 8.60. The van der Waals surface area contributed by atoms with Gasteiger partial charge in [-0.05, 0) is 53.2 Å². The van der Waals surface area contributed by atoms with E-state index in [4.69, 9.17) is 9.73 Å². The molecule has 0 fully saturated rings. The second kappa shape index (κ2) is 7.89. The van der Waals surface area contributed by atoms with Crippen molar-refractivity contribution in [3.05, 3.63) is 52.5 Å². The Hall–Kier alpha value is -1.74. The largest absolute Gasteiger partial charge is 0.380 e. The summed E-state index contributed by atoms with van der Waals surface area (Å²) < 4.78 is 18.8. The van der Waals surface area contributed by atoms with E-state index in [1.54, 1.807) is 7.11 Å². The summed E-state index contributed by atoms with van der Waals surface area (Å²) >= 11 is 0. The van der Waals surface area contributed by atoms with Gasteiger partial charge in [0.1, 0.15) is 5.82 Å². The lowest BCUT2D eigenvalue weighted by molar-refractivity contribution is 0.225. The van der Waals surface area contributed by atoms with Crippen molar-refractivity contribution in [1.82, 2.24) is 0 Å². The molecule has 2 rings (SSSR count). The van der Waals surface area contributed by atoms with Gasteiger partial charge < -0.3 is 4.74 Å². The number of allylic oxidation sites excluding steroid dienone is 3. The number of nitrogens with zero attached hydrogens (tertiary/aromatic N) is 1. The predicted octanol–water partition coefficient (Wildman–Crippen LogP) is 5.66. The number of halogens is 1. The first-order chi connectivity index (χ1) is 11.3. The van der Waals surface area contributed by atoms with Crippen LogP contribution in [0.15, 0.2) is 46.1 Å². The number of rotatable bonds is 5. The minimum atomic E-state index is -0.217. The highest BCUT2D eigenvalue weighted by Crippen LogP contribution is 2.36. The summed E-state index contributed by atoms with van der Waals surface area (Å²) in [7, 11) is 1.72. The molecule has 0 atom stereocenters. The van der Waals surface area contributed by atoms with Gasteiger partial charge >= 0.3 is 0 Å². The zero-order valence-corrected chi connectivity index (χ0v) is 15.6. The fourth-order valence-corrected chi connectivity index (χ4v) is 3.21. The Bertz CT molecular complexity index is 678. The van der Waals surface area contributed by atoms with Crippen LogP contribution < -0.4 is 0 Å². The summed E-state index contributed by atoms with van der Waals surface area (Å²) in [6.45, 7) is 11.4. The van der Waals surface area contributed by atoms with Crippen molar-refractivity contribution >= 4 is 11.3 Å². The smallest absolute Gasteiger partial charge is 0.123 e. The van der Waals surface area contributed by atoms with Crippen LogP contribution in [0.1, 0.15) is 46.6 Å². The molecule has 1 aliphatic rings. The van der Waals surface area contributed by atoms with E-state index >= 15 is 0 Å². The Kier molecular flexibility index (Phi) is 6.11. The second-order valence-electron chi connectivity index (χ2n) is 7.02. The average Bonchev–Trinajstić information content (AvgIpc) is 2.66.